The second-order valence-electron chi connectivity index (χ2n) is 5.38. The number of anilines is 1. The highest BCUT2D eigenvalue weighted by atomic mass is 35.5. The van der Waals surface area contributed by atoms with Gasteiger partial charge in [0.15, 0.2) is 0 Å². The zero-order valence-electron chi connectivity index (χ0n) is 13.0. The molecule has 1 fully saturated rings. The first-order valence-corrected chi connectivity index (χ1v) is 7.41. The number of benzene rings is 1. The molecule has 0 aliphatic carbocycles. The maximum Gasteiger partial charge on any atom is 0.0593 e. The number of nitrogens with one attached hydrogen (secondary N) is 1. The SMILES string of the molecule is CCOCCN1CC[C@@H](Nc2ccccc2)[C@@H](C)C1.Cl.Cl. The van der Waals surface area contributed by atoms with Crippen molar-refractivity contribution in [2.75, 3.05) is 38.2 Å². The molecule has 3 nitrogen and oxygen atoms in total. The van der Waals surface area contributed by atoms with Gasteiger partial charge in [-0.15, -0.1) is 24.8 Å². The maximum absolute atomic E-state index is 5.44. The average Bonchev–Trinajstić information content (AvgIpc) is 2.43. The summed E-state index contributed by atoms with van der Waals surface area (Å²) in [5, 5.41) is 3.66. The van der Waals surface area contributed by atoms with Gasteiger partial charge in [0, 0.05) is 38.0 Å². The summed E-state index contributed by atoms with van der Waals surface area (Å²) in [6.07, 6.45) is 1.21. The van der Waals surface area contributed by atoms with Gasteiger partial charge in [0.1, 0.15) is 0 Å². The van der Waals surface area contributed by atoms with Crippen LogP contribution in [0.2, 0.25) is 0 Å². The predicted octanol–water partition coefficient (Wildman–Crippen LogP) is 3.69. The molecule has 1 heterocycles. The number of ether oxygens (including phenoxy) is 1. The van der Waals surface area contributed by atoms with E-state index in [0.29, 0.717) is 12.0 Å². The lowest BCUT2D eigenvalue weighted by Gasteiger charge is -2.37. The van der Waals surface area contributed by atoms with Gasteiger partial charge in [0.05, 0.1) is 6.61 Å². The number of halogens is 2. The number of hydrogen-bond acceptors (Lipinski definition) is 3. The minimum Gasteiger partial charge on any atom is -0.382 e. The van der Waals surface area contributed by atoms with Crippen molar-refractivity contribution in [2.45, 2.75) is 26.3 Å². The summed E-state index contributed by atoms with van der Waals surface area (Å²) in [6.45, 7) is 9.48. The fourth-order valence-corrected chi connectivity index (χ4v) is 2.74. The van der Waals surface area contributed by atoms with Crippen LogP contribution in [0, 0.1) is 5.92 Å². The van der Waals surface area contributed by atoms with E-state index in [1.807, 2.05) is 0 Å². The molecule has 122 valence electrons. The molecule has 1 aliphatic heterocycles. The van der Waals surface area contributed by atoms with Gasteiger partial charge in [-0.2, -0.15) is 0 Å². The zero-order valence-corrected chi connectivity index (χ0v) is 14.6. The van der Waals surface area contributed by atoms with Gasteiger partial charge in [0.25, 0.3) is 0 Å². The molecule has 0 unspecified atom stereocenters. The molecule has 1 aromatic rings. The monoisotopic (exact) mass is 334 g/mol. The Hall–Kier alpha value is -0.480. The third kappa shape index (κ3) is 6.88. The maximum atomic E-state index is 5.44. The minimum atomic E-state index is 0. The van der Waals surface area contributed by atoms with Gasteiger partial charge >= 0.3 is 0 Å². The van der Waals surface area contributed by atoms with E-state index in [2.05, 4.69) is 54.4 Å². The summed E-state index contributed by atoms with van der Waals surface area (Å²) < 4.78 is 5.44. The highest BCUT2D eigenvalue weighted by Crippen LogP contribution is 2.20. The Kier molecular flexibility index (Phi) is 10.9. The van der Waals surface area contributed by atoms with Crippen LogP contribution in [0.3, 0.4) is 0 Å². The fraction of sp³-hybridized carbons (Fsp3) is 0.625. The van der Waals surface area contributed by atoms with E-state index in [1.54, 1.807) is 0 Å². The molecule has 0 aromatic heterocycles. The van der Waals surface area contributed by atoms with Crippen LogP contribution in [0.4, 0.5) is 5.69 Å². The molecule has 21 heavy (non-hydrogen) atoms. The van der Waals surface area contributed by atoms with Crippen molar-refractivity contribution in [2.24, 2.45) is 5.92 Å². The van der Waals surface area contributed by atoms with E-state index >= 15 is 0 Å². The Balaban J connectivity index is 0.00000200. The van der Waals surface area contributed by atoms with E-state index in [-0.39, 0.29) is 24.8 Å². The third-order valence-electron chi connectivity index (χ3n) is 3.87. The third-order valence-corrected chi connectivity index (χ3v) is 3.87. The van der Waals surface area contributed by atoms with Crippen molar-refractivity contribution >= 4 is 30.5 Å². The van der Waals surface area contributed by atoms with Crippen LogP contribution in [-0.2, 0) is 4.74 Å². The quantitative estimate of drug-likeness (QED) is 0.803. The first kappa shape index (κ1) is 20.5. The van der Waals surface area contributed by atoms with Crippen molar-refractivity contribution in [3.05, 3.63) is 30.3 Å². The molecule has 1 aliphatic rings. The van der Waals surface area contributed by atoms with E-state index in [9.17, 15) is 0 Å². The molecule has 1 N–H and O–H groups in total. The smallest absolute Gasteiger partial charge is 0.0593 e. The van der Waals surface area contributed by atoms with Gasteiger partial charge < -0.3 is 15.0 Å². The summed E-state index contributed by atoms with van der Waals surface area (Å²) in [5.74, 6) is 0.676. The topological polar surface area (TPSA) is 24.5 Å². The van der Waals surface area contributed by atoms with Crippen LogP contribution in [0.15, 0.2) is 30.3 Å². The number of nitrogens with zero attached hydrogens (tertiary/aromatic N) is 1. The second kappa shape index (κ2) is 11.1. The number of piperidine rings is 1. The molecular formula is C16H28Cl2N2O. The van der Waals surface area contributed by atoms with E-state index < -0.39 is 0 Å². The molecule has 2 rings (SSSR count). The first-order chi connectivity index (χ1) is 9.29. The van der Waals surface area contributed by atoms with Crippen molar-refractivity contribution in [3.63, 3.8) is 0 Å². The molecule has 0 bridgehead atoms. The zero-order chi connectivity index (χ0) is 13.5. The van der Waals surface area contributed by atoms with Gasteiger partial charge in [-0.25, -0.2) is 0 Å². The lowest BCUT2D eigenvalue weighted by Crippen LogP contribution is -2.46. The Labute approximate surface area is 141 Å². The van der Waals surface area contributed by atoms with Gasteiger partial charge in [-0.3, -0.25) is 0 Å². The molecule has 5 heteroatoms. The largest absolute Gasteiger partial charge is 0.382 e. The second-order valence-corrected chi connectivity index (χ2v) is 5.38. The van der Waals surface area contributed by atoms with Crippen molar-refractivity contribution in [1.29, 1.82) is 0 Å². The van der Waals surface area contributed by atoms with Crippen LogP contribution in [0.1, 0.15) is 20.3 Å². The number of para-hydroxylation sites is 1. The summed E-state index contributed by atoms with van der Waals surface area (Å²) in [5.41, 5.74) is 1.24. The molecule has 1 saturated heterocycles. The summed E-state index contributed by atoms with van der Waals surface area (Å²) >= 11 is 0. The molecule has 0 spiro atoms. The van der Waals surface area contributed by atoms with Gasteiger partial charge in [-0.1, -0.05) is 25.1 Å². The van der Waals surface area contributed by atoms with Crippen LogP contribution in [0.5, 0.6) is 0 Å². The van der Waals surface area contributed by atoms with Gasteiger partial charge in [0.2, 0.25) is 0 Å². The molecule has 1 aromatic carbocycles. The Morgan fingerprint density at radius 1 is 1.24 bits per heavy atom. The summed E-state index contributed by atoms with van der Waals surface area (Å²) in [6, 6.07) is 11.1. The number of rotatable bonds is 6. The summed E-state index contributed by atoms with van der Waals surface area (Å²) in [7, 11) is 0. The molecule has 2 atom stereocenters. The van der Waals surface area contributed by atoms with E-state index in [4.69, 9.17) is 4.74 Å². The molecular weight excluding hydrogens is 307 g/mol. The van der Waals surface area contributed by atoms with Crippen molar-refractivity contribution < 1.29 is 4.74 Å². The minimum absolute atomic E-state index is 0. The van der Waals surface area contributed by atoms with Crippen LogP contribution in [0.25, 0.3) is 0 Å². The lowest BCUT2D eigenvalue weighted by atomic mass is 9.93. The fourth-order valence-electron chi connectivity index (χ4n) is 2.74. The average molecular weight is 335 g/mol. The number of hydrogen-bond donors (Lipinski definition) is 1. The first-order valence-electron chi connectivity index (χ1n) is 7.41. The molecule has 0 saturated carbocycles. The Morgan fingerprint density at radius 3 is 2.57 bits per heavy atom. The highest BCUT2D eigenvalue weighted by molar-refractivity contribution is 5.85. The molecule has 0 radical (unpaired) electrons. The van der Waals surface area contributed by atoms with Crippen LogP contribution >= 0.6 is 24.8 Å². The van der Waals surface area contributed by atoms with E-state index in [1.165, 1.54) is 18.7 Å². The van der Waals surface area contributed by atoms with Crippen molar-refractivity contribution in [1.82, 2.24) is 4.90 Å². The normalized spacial score (nSPS) is 22.0. The van der Waals surface area contributed by atoms with Crippen LogP contribution in [-0.4, -0.2) is 43.8 Å². The molecule has 0 amide bonds. The Bertz CT molecular complexity index is 365. The van der Waals surface area contributed by atoms with Crippen LogP contribution < -0.4 is 5.32 Å². The van der Waals surface area contributed by atoms with E-state index in [0.717, 1.165) is 26.3 Å². The predicted molar refractivity (Wildman–Crippen MR) is 95.1 cm³/mol. The number of likely N-dealkylation sites (tertiary alicyclic amines) is 1. The Morgan fingerprint density at radius 2 is 1.95 bits per heavy atom. The standard InChI is InChI=1S/C16H26N2O.2ClH/c1-3-19-12-11-18-10-9-16(14(2)13-18)17-15-7-5-4-6-8-15;;/h4-8,14,16-17H,3,9-13H2,1-2H3;2*1H/t14-,16+;;/m0../s1. The van der Waals surface area contributed by atoms with Gasteiger partial charge in [-0.05, 0) is 31.4 Å². The summed E-state index contributed by atoms with van der Waals surface area (Å²) in [4.78, 5) is 2.52. The lowest BCUT2D eigenvalue weighted by molar-refractivity contribution is 0.0912. The van der Waals surface area contributed by atoms with Crippen molar-refractivity contribution in [3.8, 4) is 0 Å². The highest BCUT2D eigenvalue weighted by Gasteiger charge is 2.25.